The summed E-state index contributed by atoms with van der Waals surface area (Å²) in [5.41, 5.74) is 0.734. The fourth-order valence-corrected chi connectivity index (χ4v) is 1.02. The molecule has 1 aliphatic rings. The molecule has 1 N–H and O–H groups in total. The predicted molar refractivity (Wildman–Crippen MR) is 46.2 cm³/mol. The van der Waals surface area contributed by atoms with Gasteiger partial charge in [-0.15, -0.1) is 0 Å². The van der Waals surface area contributed by atoms with Crippen molar-refractivity contribution < 1.29 is 9.90 Å². The van der Waals surface area contributed by atoms with E-state index < -0.39 is 6.10 Å². The molecule has 0 saturated carbocycles. The molecule has 0 aromatic heterocycles. The van der Waals surface area contributed by atoms with Gasteiger partial charge in [0, 0.05) is 5.57 Å². The third kappa shape index (κ3) is 2.05. The van der Waals surface area contributed by atoms with Crippen molar-refractivity contribution in [3.8, 4) is 0 Å². The van der Waals surface area contributed by atoms with Crippen LogP contribution in [0.3, 0.4) is 0 Å². The highest BCUT2D eigenvalue weighted by atomic mass is 16.3. The Bertz CT molecular complexity index is 218. The molecule has 0 aliphatic heterocycles. The average Bonchev–Trinajstić information content (AvgIpc) is 2.05. The topological polar surface area (TPSA) is 37.3 Å². The Hall–Kier alpha value is -0.825. The predicted octanol–water partition coefficient (Wildman–Crippen LogP) is -0.146. The van der Waals surface area contributed by atoms with Crippen LogP contribution in [0.2, 0.25) is 6.32 Å². The lowest BCUT2D eigenvalue weighted by Gasteiger charge is -2.08. The highest BCUT2D eigenvalue weighted by Crippen LogP contribution is 2.11. The maximum Gasteiger partial charge on any atom is 0.154 e. The molecule has 11 heavy (non-hydrogen) atoms. The van der Waals surface area contributed by atoms with Crippen molar-refractivity contribution in [2.45, 2.75) is 18.8 Å². The molecule has 3 heteroatoms. The summed E-state index contributed by atoms with van der Waals surface area (Å²) in [6, 6.07) is 0. The van der Waals surface area contributed by atoms with Crippen LogP contribution < -0.4 is 0 Å². The number of aliphatic hydroxyl groups is 1. The number of carbonyl (C=O) groups excluding carboxylic acids is 1. The minimum absolute atomic E-state index is 0.146. The van der Waals surface area contributed by atoms with Gasteiger partial charge in [0.05, 0.1) is 6.10 Å². The summed E-state index contributed by atoms with van der Waals surface area (Å²) in [7, 11) is 1.84. The van der Waals surface area contributed by atoms with Crippen molar-refractivity contribution in [2.75, 3.05) is 0 Å². The third-order valence-corrected chi connectivity index (χ3v) is 1.72. The summed E-state index contributed by atoms with van der Waals surface area (Å²) in [5.74, 6) is 0.146. The number of rotatable bonds is 2. The van der Waals surface area contributed by atoms with Crippen LogP contribution in [-0.4, -0.2) is 24.8 Å². The molecule has 0 amide bonds. The standard InChI is InChI=1S/C8H11BO2/c9-5-8(11)6-1-3-7(10)4-2-6/h1-3,7,10H,4-5,9H2. The van der Waals surface area contributed by atoms with Crippen molar-refractivity contribution in [2.24, 2.45) is 0 Å². The van der Waals surface area contributed by atoms with E-state index in [2.05, 4.69) is 0 Å². The Morgan fingerprint density at radius 2 is 2.55 bits per heavy atom. The van der Waals surface area contributed by atoms with Crippen molar-refractivity contribution >= 4 is 13.6 Å². The van der Waals surface area contributed by atoms with Crippen molar-refractivity contribution in [3.63, 3.8) is 0 Å². The van der Waals surface area contributed by atoms with Gasteiger partial charge in [-0.1, -0.05) is 18.2 Å². The van der Waals surface area contributed by atoms with E-state index in [1.165, 1.54) is 0 Å². The van der Waals surface area contributed by atoms with Gasteiger partial charge in [0.25, 0.3) is 0 Å². The molecule has 1 atom stereocenters. The SMILES string of the molecule is BCC(=O)C1=CCC(O)C=C1. The van der Waals surface area contributed by atoms with Gasteiger partial charge in [-0.25, -0.2) is 0 Å². The van der Waals surface area contributed by atoms with Crippen LogP contribution in [0.4, 0.5) is 0 Å². The maximum absolute atomic E-state index is 11.1. The minimum atomic E-state index is -0.400. The molecule has 1 rings (SSSR count). The van der Waals surface area contributed by atoms with Gasteiger partial charge in [0.2, 0.25) is 0 Å². The van der Waals surface area contributed by atoms with E-state index in [0.717, 1.165) is 5.57 Å². The molecule has 0 fully saturated rings. The summed E-state index contributed by atoms with van der Waals surface area (Å²) in [6.07, 6.45) is 5.84. The second-order valence-corrected chi connectivity index (χ2v) is 2.60. The van der Waals surface area contributed by atoms with E-state index in [1.807, 2.05) is 7.85 Å². The molecule has 0 aromatic carbocycles. The number of carbonyl (C=O) groups is 1. The number of hydrogen-bond acceptors (Lipinski definition) is 2. The average molecular weight is 150 g/mol. The summed E-state index contributed by atoms with van der Waals surface area (Å²) in [4.78, 5) is 11.1. The first-order valence-corrected chi connectivity index (χ1v) is 3.83. The van der Waals surface area contributed by atoms with E-state index in [1.54, 1.807) is 18.2 Å². The molecule has 2 nitrogen and oxygen atoms in total. The van der Waals surface area contributed by atoms with E-state index >= 15 is 0 Å². The Kier molecular flexibility index (Phi) is 2.66. The first kappa shape index (κ1) is 8.27. The molecule has 0 bridgehead atoms. The summed E-state index contributed by atoms with van der Waals surface area (Å²) >= 11 is 0. The molecular weight excluding hydrogens is 139 g/mol. The highest BCUT2D eigenvalue weighted by molar-refractivity contribution is 6.24. The van der Waals surface area contributed by atoms with Crippen molar-refractivity contribution in [3.05, 3.63) is 23.8 Å². The van der Waals surface area contributed by atoms with Crippen LogP contribution in [0, 0.1) is 0 Å². The van der Waals surface area contributed by atoms with Crippen LogP contribution >= 0.6 is 0 Å². The Labute approximate surface area is 67.0 Å². The first-order chi connectivity index (χ1) is 5.24. The number of aliphatic hydroxyl groups excluding tert-OH is 1. The van der Waals surface area contributed by atoms with Gasteiger partial charge in [-0.3, -0.25) is 4.79 Å². The molecule has 0 aromatic rings. The van der Waals surface area contributed by atoms with Gasteiger partial charge in [0.1, 0.15) is 7.85 Å². The second-order valence-electron chi connectivity index (χ2n) is 2.60. The highest BCUT2D eigenvalue weighted by Gasteiger charge is 2.08. The smallest absolute Gasteiger partial charge is 0.154 e. The van der Waals surface area contributed by atoms with Gasteiger partial charge in [-0.2, -0.15) is 0 Å². The molecule has 0 heterocycles. The molecule has 0 radical (unpaired) electrons. The van der Waals surface area contributed by atoms with Crippen LogP contribution in [0.25, 0.3) is 0 Å². The summed E-state index contributed by atoms with van der Waals surface area (Å²) in [6.45, 7) is 0. The van der Waals surface area contributed by atoms with Gasteiger partial charge in [0.15, 0.2) is 5.78 Å². The van der Waals surface area contributed by atoms with E-state index in [4.69, 9.17) is 5.11 Å². The zero-order valence-electron chi connectivity index (χ0n) is 6.58. The van der Waals surface area contributed by atoms with Crippen LogP contribution in [0.5, 0.6) is 0 Å². The Morgan fingerprint density at radius 3 is 3.00 bits per heavy atom. The van der Waals surface area contributed by atoms with Gasteiger partial charge < -0.3 is 5.11 Å². The lowest BCUT2D eigenvalue weighted by molar-refractivity contribution is -0.113. The Morgan fingerprint density at radius 1 is 1.82 bits per heavy atom. The van der Waals surface area contributed by atoms with Gasteiger partial charge in [-0.05, 0) is 12.7 Å². The molecule has 1 unspecified atom stereocenters. The number of hydrogen-bond donors (Lipinski definition) is 1. The summed E-state index contributed by atoms with van der Waals surface area (Å²) in [5, 5.41) is 9.04. The van der Waals surface area contributed by atoms with Crippen LogP contribution in [0.1, 0.15) is 6.42 Å². The van der Waals surface area contributed by atoms with Gasteiger partial charge >= 0.3 is 0 Å². The van der Waals surface area contributed by atoms with Crippen molar-refractivity contribution in [1.82, 2.24) is 0 Å². The fraction of sp³-hybridized carbons (Fsp3) is 0.375. The molecule has 1 aliphatic carbocycles. The zero-order valence-corrected chi connectivity index (χ0v) is 6.58. The summed E-state index contributed by atoms with van der Waals surface area (Å²) < 4.78 is 0. The van der Waals surface area contributed by atoms with E-state index in [0.29, 0.717) is 12.7 Å². The Balaban J connectivity index is 2.63. The maximum atomic E-state index is 11.1. The molecular formula is C8H11BO2. The first-order valence-electron chi connectivity index (χ1n) is 3.83. The van der Waals surface area contributed by atoms with Crippen LogP contribution in [0.15, 0.2) is 23.8 Å². The number of ketones is 1. The normalized spacial score (nSPS) is 23.0. The van der Waals surface area contributed by atoms with E-state index in [-0.39, 0.29) is 5.78 Å². The van der Waals surface area contributed by atoms with E-state index in [9.17, 15) is 4.79 Å². The lowest BCUT2D eigenvalue weighted by Crippen LogP contribution is -2.08. The van der Waals surface area contributed by atoms with Crippen LogP contribution in [-0.2, 0) is 4.79 Å². The molecule has 58 valence electrons. The minimum Gasteiger partial charge on any atom is -0.389 e. The lowest BCUT2D eigenvalue weighted by atomic mass is 9.92. The monoisotopic (exact) mass is 150 g/mol. The number of allylic oxidation sites excluding steroid dienone is 2. The fourth-order valence-electron chi connectivity index (χ4n) is 1.02. The zero-order chi connectivity index (χ0) is 8.27. The quantitative estimate of drug-likeness (QED) is 0.556. The molecule has 0 saturated heterocycles. The van der Waals surface area contributed by atoms with Crippen molar-refractivity contribution in [1.29, 1.82) is 0 Å². The number of Topliss-reactive ketones (excluding diaryl/α,β-unsaturated/α-hetero) is 1. The third-order valence-electron chi connectivity index (χ3n) is 1.72. The second kappa shape index (κ2) is 3.53. The molecule has 0 spiro atoms. The largest absolute Gasteiger partial charge is 0.389 e.